The van der Waals surface area contributed by atoms with E-state index >= 15 is 0 Å². The van der Waals surface area contributed by atoms with Crippen molar-refractivity contribution in [2.75, 3.05) is 40.3 Å². The molecule has 2 amide bonds. The van der Waals surface area contributed by atoms with E-state index in [-0.39, 0.29) is 6.04 Å². The monoisotopic (exact) mass is 286 g/mol. The molecule has 1 aliphatic rings. The first-order valence-electron chi connectivity index (χ1n) is 7.10. The fourth-order valence-electron chi connectivity index (χ4n) is 2.29. The summed E-state index contributed by atoms with van der Waals surface area (Å²) >= 11 is 0. The Labute approximate surface area is 120 Å². The van der Waals surface area contributed by atoms with Crippen LogP contribution in [-0.2, 0) is 4.79 Å². The lowest BCUT2D eigenvalue weighted by molar-refractivity contribution is -0.139. The number of nitrogens with one attached hydrogen (secondary N) is 2. The van der Waals surface area contributed by atoms with Gasteiger partial charge in [0.1, 0.15) is 6.04 Å². The van der Waals surface area contributed by atoms with Crippen LogP contribution in [0.4, 0.5) is 4.79 Å². The molecule has 0 aliphatic carbocycles. The number of rotatable bonds is 6. The summed E-state index contributed by atoms with van der Waals surface area (Å²) in [5, 5.41) is 14.3. The van der Waals surface area contributed by atoms with E-state index in [1.807, 2.05) is 14.0 Å². The molecule has 0 bridgehead atoms. The third kappa shape index (κ3) is 5.34. The van der Waals surface area contributed by atoms with Gasteiger partial charge in [-0.05, 0) is 20.5 Å². The van der Waals surface area contributed by atoms with Crippen molar-refractivity contribution in [2.45, 2.75) is 31.8 Å². The first-order chi connectivity index (χ1) is 9.43. The average Bonchev–Trinajstić information content (AvgIpc) is 2.39. The molecule has 1 saturated heterocycles. The highest BCUT2D eigenvalue weighted by atomic mass is 16.4. The second-order valence-electron chi connectivity index (χ2n) is 5.43. The van der Waals surface area contributed by atoms with E-state index in [2.05, 4.69) is 27.5 Å². The summed E-state index contributed by atoms with van der Waals surface area (Å²) in [6.07, 6.45) is 1.15. The lowest BCUT2D eigenvalue weighted by atomic mass is 10.1. The van der Waals surface area contributed by atoms with E-state index in [0.717, 1.165) is 19.6 Å². The summed E-state index contributed by atoms with van der Waals surface area (Å²) in [6.45, 7) is 5.30. The van der Waals surface area contributed by atoms with Gasteiger partial charge < -0.3 is 20.6 Å². The van der Waals surface area contributed by atoms with Gasteiger partial charge in [0.05, 0.1) is 0 Å². The number of nitrogens with zero attached hydrogens (tertiary/aromatic N) is 2. The predicted molar refractivity (Wildman–Crippen MR) is 76.8 cm³/mol. The number of urea groups is 1. The van der Waals surface area contributed by atoms with Crippen LogP contribution >= 0.6 is 0 Å². The van der Waals surface area contributed by atoms with Gasteiger partial charge in [-0.15, -0.1) is 0 Å². The molecule has 3 N–H and O–H groups in total. The van der Waals surface area contributed by atoms with Crippen molar-refractivity contribution in [2.24, 2.45) is 0 Å². The fraction of sp³-hybridized carbons (Fsp3) is 0.846. The molecule has 0 aromatic rings. The molecule has 0 spiro atoms. The number of carbonyl (C=O) groups is 2. The van der Waals surface area contributed by atoms with Gasteiger partial charge >= 0.3 is 12.0 Å². The van der Waals surface area contributed by atoms with Crippen LogP contribution in [0.1, 0.15) is 19.8 Å². The van der Waals surface area contributed by atoms with Crippen molar-refractivity contribution < 1.29 is 14.7 Å². The molecule has 1 heterocycles. The Morgan fingerprint density at radius 1 is 1.35 bits per heavy atom. The minimum Gasteiger partial charge on any atom is -0.480 e. The highest BCUT2D eigenvalue weighted by Crippen LogP contribution is 2.04. The van der Waals surface area contributed by atoms with Crippen molar-refractivity contribution in [3.63, 3.8) is 0 Å². The highest BCUT2D eigenvalue weighted by molar-refractivity contribution is 5.82. The maximum absolute atomic E-state index is 11.7. The smallest absolute Gasteiger partial charge is 0.326 e. The molecule has 0 aromatic carbocycles. The molecule has 7 nitrogen and oxygen atoms in total. The van der Waals surface area contributed by atoms with Crippen molar-refractivity contribution in [1.29, 1.82) is 0 Å². The van der Waals surface area contributed by atoms with Crippen molar-refractivity contribution in [1.82, 2.24) is 20.4 Å². The normalized spacial score (nSPS) is 22.2. The van der Waals surface area contributed by atoms with Crippen LogP contribution in [0.3, 0.4) is 0 Å². The molecule has 2 atom stereocenters. The average molecular weight is 286 g/mol. The summed E-state index contributed by atoms with van der Waals surface area (Å²) in [6, 6.07) is -0.965. The van der Waals surface area contributed by atoms with Crippen LogP contribution in [0, 0.1) is 0 Å². The molecule has 1 aliphatic heterocycles. The van der Waals surface area contributed by atoms with Gasteiger partial charge in [-0.2, -0.15) is 0 Å². The van der Waals surface area contributed by atoms with E-state index in [1.165, 1.54) is 0 Å². The standard InChI is InChI=1S/C13H26N4O3/c1-4-5-11(12(18)19)15-13(20)14-8-10-9-16(2)6-7-17(10)3/h10-11H,4-9H2,1-3H3,(H,18,19)(H2,14,15,20). The number of amides is 2. The topological polar surface area (TPSA) is 84.9 Å². The van der Waals surface area contributed by atoms with E-state index in [9.17, 15) is 9.59 Å². The number of aliphatic carboxylic acids is 1. The van der Waals surface area contributed by atoms with Gasteiger partial charge in [-0.25, -0.2) is 9.59 Å². The number of carbonyl (C=O) groups excluding carboxylic acids is 1. The van der Waals surface area contributed by atoms with Crippen LogP contribution in [-0.4, -0.2) is 79.3 Å². The first-order valence-corrected chi connectivity index (χ1v) is 7.10. The minimum atomic E-state index is -0.989. The Morgan fingerprint density at radius 2 is 2.05 bits per heavy atom. The second kappa shape index (κ2) is 8.06. The van der Waals surface area contributed by atoms with Gasteiger partial charge in [0, 0.05) is 32.2 Å². The lowest BCUT2D eigenvalue weighted by Crippen LogP contribution is -2.56. The number of piperazine rings is 1. The Morgan fingerprint density at radius 3 is 2.65 bits per heavy atom. The minimum absolute atomic E-state index is 0.258. The highest BCUT2D eigenvalue weighted by Gasteiger charge is 2.23. The molecule has 20 heavy (non-hydrogen) atoms. The van der Waals surface area contributed by atoms with Gasteiger partial charge in [0.2, 0.25) is 0 Å². The Hall–Kier alpha value is -1.34. The van der Waals surface area contributed by atoms with Crippen LogP contribution in [0.5, 0.6) is 0 Å². The third-order valence-electron chi connectivity index (χ3n) is 3.66. The number of hydrogen-bond donors (Lipinski definition) is 3. The summed E-state index contributed by atoms with van der Waals surface area (Å²) < 4.78 is 0. The summed E-state index contributed by atoms with van der Waals surface area (Å²) in [5.41, 5.74) is 0. The molecule has 7 heteroatoms. The summed E-state index contributed by atoms with van der Waals surface area (Å²) in [4.78, 5) is 27.1. The van der Waals surface area contributed by atoms with E-state index in [0.29, 0.717) is 19.4 Å². The largest absolute Gasteiger partial charge is 0.480 e. The molecule has 0 aromatic heterocycles. The van der Waals surface area contributed by atoms with Crippen LogP contribution in [0.2, 0.25) is 0 Å². The SMILES string of the molecule is CCCC(NC(=O)NCC1CN(C)CCN1C)C(=O)O. The summed E-state index contributed by atoms with van der Waals surface area (Å²) in [5.74, 6) is -0.989. The number of carboxylic acid groups (broad SMARTS) is 1. The molecular formula is C13H26N4O3. The van der Waals surface area contributed by atoms with Crippen molar-refractivity contribution in [3.8, 4) is 0 Å². The molecule has 1 rings (SSSR count). The number of likely N-dealkylation sites (N-methyl/N-ethyl adjacent to an activating group) is 2. The Balaban J connectivity index is 2.36. The summed E-state index contributed by atoms with van der Waals surface area (Å²) in [7, 11) is 4.09. The molecular weight excluding hydrogens is 260 g/mol. The van der Waals surface area contributed by atoms with Gasteiger partial charge in [0.25, 0.3) is 0 Å². The molecule has 1 fully saturated rings. The lowest BCUT2D eigenvalue weighted by Gasteiger charge is -2.37. The van der Waals surface area contributed by atoms with Gasteiger partial charge in [-0.3, -0.25) is 4.90 Å². The van der Waals surface area contributed by atoms with Gasteiger partial charge in [0.15, 0.2) is 0 Å². The first kappa shape index (κ1) is 16.7. The second-order valence-corrected chi connectivity index (χ2v) is 5.43. The van der Waals surface area contributed by atoms with E-state index < -0.39 is 18.0 Å². The molecule has 2 unspecified atom stereocenters. The quantitative estimate of drug-likeness (QED) is 0.629. The van der Waals surface area contributed by atoms with Crippen LogP contribution in [0.15, 0.2) is 0 Å². The number of carboxylic acids is 1. The zero-order valence-electron chi connectivity index (χ0n) is 12.6. The zero-order chi connectivity index (χ0) is 15.1. The van der Waals surface area contributed by atoms with Crippen molar-refractivity contribution in [3.05, 3.63) is 0 Å². The van der Waals surface area contributed by atoms with E-state index in [1.54, 1.807) is 0 Å². The Kier molecular flexibility index (Phi) is 6.74. The van der Waals surface area contributed by atoms with Crippen molar-refractivity contribution >= 4 is 12.0 Å². The fourth-order valence-corrected chi connectivity index (χ4v) is 2.29. The molecule has 116 valence electrons. The van der Waals surface area contributed by atoms with Crippen LogP contribution in [0.25, 0.3) is 0 Å². The predicted octanol–water partition coefficient (Wildman–Crippen LogP) is -0.215. The molecule has 0 saturated carbocycles. The van der Waals surface area contributed by atoms with E-state index in [4.69, 9.17) is 5.11 Å². The van der Waals surface area contributed by atoms with Gasteiger partial charge in [-0.1, -0.05) is 13.3 Å². The van der Waals surface area contributed by atoms with Crippen LogP contribution < -0.4 is 10.6 Å². The zero-order valence-corrected chi connectivity index (χ0v) is 12.6. The maximum atomic E-state index is 11.7. The number of hydrogen-bond acceptors (Lipinski definition) is 4. The third-order valence-corrected chi connectivity index (χ3v) is 3.66. The maximum Gasteiger partial charge on any atom is 0.326 e. The Bertz CT molecular complexity index is 338. The molecule has 0 radical (unpaired) electrons.